The van der Waals surface area contributed by atoms with E-state index < -0.39 is 12.2 Å². The summed E-state index contributed by atoms with van der Waals surface area (Å²) in [4.78, 5) is 0. The highest BCUT2D eigenvalue weighted by Gasteiger charge is 2.33. The van der Waals surface area contributed by atoms with Crippen LogP contribution in [0.4, 0.5) is 8.78 Å². The summed E-state index contributed by atoms with van der Waals surface area (Å²) in [6.07, 6.45) is 2.57. The van der Waals surface area contributed by atoms with Crippen molar-refractivity contribution in [1.82, 2.24) is 5.32 Å². The van der Waals surface area contributed by atoms with Crippen LogP contribution in [0.5, 0.6) is 5.75 Å². The second-order valence-corrected chi connectivity index (χ2v) is 5.25. The second kappa shape index (κ2) is 6.03. The van der Waals surface area contributed by atoms with E-state index in [2.05, 4.69) is 10.1 Å². The molecule has 0 bridgehead atoms. The third-order valence-electron chi connectivity index (χ3n) is 3.29. The van der Waals surface area contributed by atoms with Crippen LogP contribution in [-0.2, 0) is 6.54 Å². The van der Waals surface area contributed by atoms with E-state index in [-0.39, 0.29) is 5.75 Å². The Kier molecular flexibility index (Phi) is 4.60. The molecule has 0 spiro atoms. The highest BCUT2D eigenvalue weighted by Crippen LogP contribution is 2.31. The van der Waals surface area contributed by atoms with Gasteiger partial charge in [0.25, 0.3) is 0 Å². The molecule has 0 radical (unpaired) electrons. The first-order chi connectivity index (χ1) is 8.98. The molecule has 3 nitrogen and oxygen atoms in total. The molecule has 1 aliphatic carbocycles. The van der Waals surface area contributed by atoms with Gasteiger partial charge in [0.05, 0.1) is 5.60 Å². The third kappa shape index (κ3) is 4.03. The van der Waals surface area contributed by atoms with Gasteiger partial charge >= 0.3 is 6.61 Å². The van der Waals surface area contributed by atoms with Crippen molar-refractivity contribution in [2.75, 3.05) is 6.54 Å². The minimum Gasteiger partial charge on any atom is -0.434 e. The summed E-state index contributed by atoms with van der Waals surface area (Å²) < 4.78 is 29.0. The fraction of sp³-hybridized carbons (Fsp3) is 0.538. The van der Waals surface area contributed by atoms with E-state index >= 15 is 0 Å². The maximum Gasteiger partial charge on any atom is 0.387 e. The van der Waals surface area contributed by atoms with Crippen LogP contribution in [0.1, 0.15) is 24.8 Å². The van der Waals surface area contributed by atoms with Crippen LogP contribution in [0, 0.1) is 0 Å². The Morgan fingerprint density at radius 1 is 1.42 bits per heavy atom. The first-order valence-electron chi connectivity index (χ1n) is 6.15. The van der Waals surface area contributed by atoms with Gasteiger partial charge in [-0.05, 0) is 37.5 Å². The molecule has 2 rings (SSSR count). The van der Waals surface area contributed by atoms with Gasteiger partial charge in [-0.1, -0.05) is 11.6 Å². The smallest absolute Gasteiger partial charge is 0.387 e. The third-order valence-corrected chi connectivity index (χ3v) is 3.53. The molecule has 106 valence electrons. The maximum atomic E-state index is 12.3. The van der Waals surface area contributed by atoms with Gasteiger partial charge in [0.2, 0.25) is 0 Å². The molecular formula is C13H16ClF2NO2. The van der Waals surface area contributed by atoms with Crippen molar-refractivity contribution in [2.24, 2.45) is 0 Å². The van der Waals surface area contributed by atoms with E-state index in [1.54, 1.807) is 6.07 Å². The van der Waals surface area contributed by atoms with Gasteiger partial charge in [-0.25, -0.2) is 0 Å². The Bertz CT molecular complexity index is 439. The first kappa shape index (κ1) is 14.5. The predicted octanol–water partition coefficient (Wildman–Crippen LogP) is 2.95. The highest BCUT2D eigenvalue weighted by atomic mass is 35.5. The number of hydrogen-bond acceptors (Lipinski definition) is 3. The number of aliphatic hydroxyl groups is 1. The average molecular weight is 292 g/mol. The molecule has 2 N–H and O–H groups in total. The zero-order valence-electron chi connectivity index (χ0n) is 10.3. The lowest BCUT2D eigenvalue weighted by atomic mass is 9.80. The highest BCUT2D eigenvalue weighted by molar-refractivity contribution is 6.30. The van der Waals surface area contributed by atoms with Gasteiger partial charge < -0.3 is 15.2 Å². The Balaban J connectivity index is 1.95. The second-order valence-electron chi connectivity index (χ2n) is 4.81. The topological polar surface area (TPSA) is 41.5 Å². The van der Waals surface area contributed by atoms with Crippen LogP contribution in [-0.4, -0.2) is 23.9 Å². The molecular weight excluding hydrogens is 276 g/mol. The summed E-state index contributed by atoms with van der Waals surface area (Å²) in [5.74, 6) is 0.104. The summed E-state index contributed by atoms with van der Waals surface area (Å²) in [6, 6.07) is 4.50. The zero-order valence-corrected chi connectivity index (χ0v) is 11.1. The Morgan fingerprint density at radius 2 is 2.16 bits per heavy atom. The molecule has 1 aliphatic rings. The molecule has 0 saturated heterocycles. The molecule has 1 saturated carbocycles. The molecule has 0 aromatic heterocycles. The number of hydrogen-bond donors (Lipinski definition) is 2. The lowest BCUT2D eigenvalue weighted by Gasteiger charge is -2.36. The molecule has 19 heavy (non-hydrogen) atoms. The van der Waals surface area contributed by atoms with Crippen LogP contribution in [0.2, 0.25) is 5.02 Å². The van der Waals surface area contributed by atoms with Gasteiger partial charge in [-0.3, -0.25) is 0 Å². The van der Waals surface area contributed by atoms with Gasteiger partial charge in [0.15, 0.2) is 0 Å². The monoisotopic (exact) mass is 291 g/mol. The molecule has 0 atom stereocenters. The van der Waals surface area contributed by atoms with E-state index in [1.807, 2.05) is 0 Å². The number of rotatable bonds is 6. The Labute approximate surface area is 115 Å². The average Bonchev–Trinajstić information content (AvgIpc) is 2.30. The van der Waals surface area contributed by atoms with E-state index in [9.17, 15) is 13.9 Å². The zero-order chi connectivity index (χ0) is 13.9. The van der Waals surface area contributed by atoms with Crippen molar-refractivity contribution >= 4 is 11.6 Å². The summed E-state index contributed by atoms with van der Waals surface area (Å²) in [5, 5.41) is 13.4. The van der Waals surface area contributed by atoms with Crippen LogP contribution < -0.4 is 10.1 Å². The molecule has 1 fully saturated rings. The molecule has 6 heteroatoms. The SMILES string of the molecule is OC1(CNCc2cc(Cl)ccc2OC(F)F)CCC1. The lowest BCUT2D eigenvalue weighted by molar-refractivity contribution is -0.0508. The fourth-order valence-corrected chi connectivity index (χ4v) is 2.28. The standard InChI is InChI=1S/C13H16ClF2NO2/c14-10-2-3-11(19-12(15)16)9(6-10)7-17-8-13(18)4-1-5-13/h2-3,6,12,17-18H,1,4-5,7-8H2. The largest absolute Gasteiger partial charge is 0.434 e. The lowest BCUT2D eigenvalue weighted by Crippen LogP contribution is -2.46. The normalized spacial score (nSPS) is 17.3. The molecule has 0 aliphatic heterocycles. The molecule has 0 heterocycles. The Hall–Kier alpha value is -0.910. The number of nitrogens with one attached hydrogen (secondary N) is 1. The van der Waals surface area contributed by atoms with Gasteiger partial charge in [-0.2, -0.15) is 8.78 Å². The Morgan fingerprint density at radius 3 is 2.74 bits per heavy atom. The van der Waals surface area contributed by atoms with E-state index in [1.165, 1.54) is 12.1 Å². The van der Waals surface area contributed by atoms with Gasteiger partial charge in [0.1, 0.15) is 5.75 Å². The summed E-state index contributed by atoms with van der Waals surface area (Å²) in [5.41, 5.74) is -0.0989. The number of ether oxygens (including phenoxy) is 1. The summed E-state index contributed by atoms with van der Waals surface area (Å²) >= 11 is 5.84. The van der Waals surface area contributed by atoms with Gasteiger partial charge in [0, 0.05) is 23.7 Å². The molecule has 1 aromatic rings. The van der Waals surface area contributed by atoms with E-state index in [0.29, 0.717) is 23.7 Å². The van der Waals surface area contributed by atoms with E-state index in [0.717, 1.165) is 19.3 Å². The fourth-order valence-electron chi connectivity index (χ4n) is 2.09. The van der Waals surface area contributed by atoms with Crippen molar-refractivity contribution in [3.8, 4) is 5.75 Å². The summed E-state index contributed by atoms with van der Waals surface area (Å²) in [6.45, 7) is -2.10. The van der Waals surface area contributed by atoms with Crippen molar-refractivity contribution in [3.05, 3.63) is 28.8 Å². The number of alkyl halides is 2. The summed E-state index contributed by atoms with van der Waals surface area (Å²) in [7, 11) is 0. The van der Waals surface area contributed by atoms with Crippen molar-refractivity contribution < 1.29 is 18.6 Å². The van der Waals surface area contributed by atoms with Crippen LogP contribution in [0.15, 0.2) is 18.2 Å². The molecule has 1 aromatic carbocycles. The van der Waals surface area contributed by atoms with Crippen molar-refractivity contribution in [3.63, 3.8) is 0 Å². The minimum absolute atomic E-state index is 0.104. The van der Waals surface area contributed by atoms with Crippen molar-refractivity contribution in [1.29, 1.82) is 0 Å². The molecule has 0 unspecified atom stereocenters. The quantitative estimate of drug-likeness (QED) is 0.847. The molecule has 0 amide bonds. The van der Waals surface area contributed by atoms with Crippen molar-refractivity contribution in [2.45, 2.75) is 38.0 Å². The first-order valence-corrected chi connectivity index (χ1v) is 6.53. The minimum atomic E-state index is -2.87. The van der Waals surface area contributed by atoms with Crippen LogP contribution in [0.3, 0.4) is 0 Å². The number of benzene rings is 1. The maximum absolute atomic E-state index is 12.3. The number of halogens is 3. The van der Waals surface area contributed by atoms with Crippen LogP contribution >= 0.6 is 11.6 Å². The van der Waals surface area contributed by atoms with E-state index in [4.69, 9.17) is 11.6 Å². The van der Waals surface area contributed by atoms with Gasteiger partial charge in [-0.15, -0.1) is 0 Å². The predicted molar refractivity (Wildman–Crippen MR) is 68.6 cm³/mol. The van der Waals surface area contributed by atoms with Crippen LogP contribution in [0.25, 0.3) is 0 Å².